The molecule has 0 aliphatic rings. The summed E-state index contributed by atoms with van der Waals surface area (Å²) in [5.41, 5.74) is 1.87. The molecule has 0 fully saturated rings. The molecule has 0 unspecified atom stereocenters. The maximum atomic E-state index is 12.0. The van der Waals surface area contributed by atoms with Gasteiger partial charge in [0.1, 0.15) is 5.75 Å². The van der Waals surface area contributed by atoms with Gasteiger partial charge >= 0.3 is 0 Å². The average Bonchev–Trinajstić information content (AvgIpc) is 3.16. The number of ether oxygens (including phenoxy) is 1. The highest BCUT2D eigenvalue weighted by molar-refractivity contribution is 5.76. The molecule has 0 aliphatic carbocycles. The van der Waals surface area contributed by atoms with E-state index in [2.05, 4.69) is 20.5 Å². The summed E-state index contributed by atoms with van der Waals surface area (Å²) in [6, 6.07) is 11.4. The molecule has 1 aromatic carbocycles. The van der Waals surface area contributed by atoms with Crippen LogP contribution in [0.25, 0.3) is 11.5 Å². The van der Waals surface area contributed by atoms with Crippen LogP contribution in [0.2, 0.25) is 0 Å². The van der Waals surface area contributed by atoms with Crippen LogP contribution in [0.15, 0.2) is 53.2 Å². The average molecular weight is 352 g/mol. The fourth-order valence-electron chi connectivity index (χ4n) is 2.52. The molecule has 3 rings (SSSR count). The van der Waals surface area contributed by atoms with E-state index < -0.39 is 0 Å². The Kier molecular flexibility index (Phi) is 5.92. The fraction of sp³-hybridized carbons (Fsp3) is 0.263. The molecular formula is C19H20N4O3. The molecule has 0 saturated heterocycles. The van der Waals surface area contributed by atoms with Gasteiger partial charge in [0.2, 0.25) is 17.7 Å². The number of aromatic nitrogens is 3. The van der Waals surface area contributed by atoms with Crippen molar-refractivity contribution in [2.75, 3.05) is 13.7 Å². The molecule has 7 nitrogen and oxygen atoms in total. The molecule has 0 saturated carbocycles. The number of benzene rings is 1. The van der Waals surface area contributed by atoms with Crippen LogP contribution in [-0.4, -0.2) is 34.7 Å². The Morgan fingerprint density at radius 3 is 2.73 bits per heavy atom. The second-order valence-electron chi connectivity index (χ2n) is 5.65. The number of pyridine rings is 1. The van der Waals surface area contributed by atoms with Crippen LogP contribution in [0.3, 0.4) is 0 Å². The topological polar surface area (TPSA) is 90.1 Å². The van der Waals surface area contributed by atoms with Crippen LogP contribution in [-0.2, 0) is 17.6 Å². The first-order chi connectivity index (χ1) is 12.8. The molecule has 0 atom stereocenters. The first-order valence-corrected chi connectivity index (χ1v) is 8.37. The summed E-state index contributed by atoms with van der Waals surface area (Å²) >= 11 is 0. The maximum absolute atomic E-state index is 12.0. The van der Waals surface area contributed by atoms with Crippen molar-refractivity contribution in [2.45, 2.75) is 19.3 Å². The SMILES string of the molecule is COc1ccccc1CCNC(=O)CCc1nnc(-c2ccncc2)o1. The van der Waals surface area contributed by atoms with Gasteiger partial charge in [-0.15, -0.1) is 10.2 Å². The zero-order valence-corrected chi connectivity index (χ0v) is 14.5. The molecule has 1 amide bonds. The number of nitrogens with one attached hydrogen (secondary N) is 1. The molecule has 26 heavy (non-hydrogen) atoms. The highest BCUT2D eigenvalue weighted by Gasteiger charge is 2.10. The van der Waals surface area contributed by atoms with E-state index >= 15 is 0 Å². The van der Waals surface area contributed by atoms with Crippen molar-refractivity contribution in [3.05, 3.63) is 60.2 Å². The van der Waals surface area contributed by atoms with Gasteiger partial charge in [0.05, 0.1) is 7.11 Å². The number of methoxy groups -OCH3 is 1. The van der Waals surface area contributed by atoms with Crippen LogP contribution in [0.5, 0.6) is 5.75 Å². The lowest BCUT2D eigenvalue weighted by Crippen LogP contribution is -2.26. The molecule has 134 valence electrons. The minimum absolute atomic E-state index is 0.0523. The number of rotatable bonds is 8. The van der Waals surface area contributed by atoms with Crippen molar-refractivity contribution < 1.29 is 13.9 Å². The number of hydrogen-bond acceptors (Lipinski definition) is 6. The normalized spacial score (nSPS) is 10.5. The Balaban J connectivity index is 1.44. The first kappa shape index (κ1) is 17.6. The summed E-state index contributed by atoms with van der Waals surface area (Å²) in [6.45, 7) is 0.547. The van der Waals surface area contributed by atoms with E-state index in [9.17, 15) is 4.79 Å². The molecule has 2 heterocycles. The molecular weight excluding hydrogens is 332 g/mol. The van der Waals surface area contributed by atoms with Gasteiger partial charge in [-0.2, -0.15) is 0 Å². The number of carbonyl (C=O) groups is 1. The molecule has 0 radical (unpaired) electrons. The molecule has 7 heteroatoms. The van der Waals surface area contributed by atoms with Crippen molar-refractivity contribution in [3.63, 3.8) is 0 Å². The van der Waals surface area contributed by atoms with Crippen LogP contribution in [0.4, 0.5) is 0 Å². The highest BCUT2D eigenvalue weighted by atomic mass is 16.5. The van der Waals surface area contributed by atoms with Crippen LogP contribution >= 0.6 is 0 Å². The van der Waals surface area contributed by atoms with Crippen molar-refractivity contribution in [1.82, 2.24) is 20.5 Å². The number of para-hydroxylation sites is 1. The van der Waals surface area contributed by atoms with Crippen molar-refractivity contribution in [3.8, 4) is 17.2 Å². The van der Waals surface area contributed by atoms with Crippen molar-refractivity contribution in [1.29, 1.82) is 0 Å². The standard InChI is InChI=1S/C19H20N4O3/c1-25-16-5-3-2-4-14(16)10-13-21-17(24)6-7-18-22-23-19(26-18)15-8-11-20-12-9-15/h2-5,8-9,11-12H,6-7,10,13H2,1H3,(H,21,24). The van der Waals surface area contributed by atoms with Gasteiger partial charge in [-0.25, -0.2) is 0 Å². The number of amides is 1. The zero-order chi connectivity index (χ0) is 18.2. The second-order valence-corrected chi connectivity index (χ2v) is 5.65. The van der Waals surface area contributed by atoms with Crippen LogP contribution < -0.4 is 10.1 Å². The summed E-state index contributed by atoms with van der Waals surface area (Å²) in [5.74, 6) is 1.65. The Labute approximate surface area is 151 Å². The second kappa shape index (κ2) is 8.75. The molecule has 3 aromatic rings. The fourth-order valence-corrected chi connectivity index (χ4v) is 2.52. The highest BCUT2D eigenvalue weighted by Crippen LogP contribution is 2.18. The van der Waals surface area contributed by atoms with E-state index in [0.717, 1.165) is 16.9 Å². The molecule has 1 N–H and O–H groups in total. The number of nitrogens with zero attached hydrogens (tertiary/aromatic N) is 3. The van der Waals surface area contributed by atoms with Gasteiger partial charge in [0.15, 0.2) is 0 Å². The predicted molar refractivity (Wildman–Crippen MR) is 95.6 cm³/mol. The van der Waals surface area contributed by atoms with Crippen LogP contribution in [0.1, 0.15) is 17.9 Å². The maximum Gasteiger partial charge on any atom is 0.247 e. The summed E-state index contributed by atoms with van der Waals surface area (Å²) in [7, 11) is 1.64. The predicted octanol–water partition coefficient (Wildman–Crippen LogP) is 2.43. The lowest BCUT2D eigenvalue weighted by atomic mass is 10.1. The molecule has 0 bridgehead atoms. The van der Waals surface area contributed by atoms with Crippen molar-refractivity contribution >= 4 is 5.91 Å². The quantitative estimate of drug-likeness (QED) is 0.670. The summed E-state index contributed by atoms with van der Waals surface area (Å²) in [6.07, 6.45) is 4.73. The van der Waals surface area contributed by atoms with Gasteiger partial charge in [-0.3, -0.25) is 9.78 Å². The minimum Gasteiger partial charge on any atom is -0.496 e. The Morgan fingerprint density at radius 2 is 1.92 bits per heavy atom. The van der Waals surface area contributed by atoms with Crippen LogP contribution in [0, 0.1) is 0 Å². The number of hydrogen-bond donors (Lipinski definition) is 1. The third-order valence-corrected chi connectivity index (χ3v) is 3.87. The lowest BCUT2D eigenvalue weighted by Gasteiger charge is -2.08. The van der Waals surface area contributed by atoms with E-state index in [1.807, 2.05) is 24.3 Å². The number of carbonyl (C=O) groups excluding carboxylic acids is 1. The van der Waals surface area contributed by atoms with Gasteiger partial charge < -0.3 is 14.5 Å². The van der Waals surface area contributed by atoms with Gasteiger partial charge in [-0.05, 0) is 30.2 Å². The summed E-state index contributed by atoms with van der Waals surface area (Å²) in [5, 5.41) is 10.9. The smallest absolute Gasteiger partial charge is 0.247 e. The van der Waals surface area contributed by atoms with E-state index in [4.69, 9.17) is 9.15 Å². The third kappa shape index (κ3) is 4.66. The Hall–Kier alpha value is -3.22. The minimum atomic E-state index is -0.0523. The third-order valence-electron chi connectivity index (χ3n) is 3.87. The first-order valence-electron chi connectivity index (χ1n) is 8.37. The number of aryl methyl sites for hydroxylation is 1. The zero-order valence-electron chi connectivity index (χ0n) is 14.5. The van der Waals surface area contributed by atoms with E-state index in [1.54, 1.807) is 31.6 Å². The molecule has 2 aromatic heterocycles. The van der Waals surface area contributed by atoms with Gasteiger partial charge in [0, 0.05) is 37.3 Å². The molecule has 0 spiro atoms. The summed E-state index contributed by atoms with van der Waals surface area (Å²) < 4.78 is 10.9. The monoisotopic (exact) mass is 352 g/mol. The van der Waals surface area contributed by atoms with E-state index in [-0.39, 0.29) is 5.91 Å². The van der Waals surface area contributed by atoms with Gasteiger partial charge in [-0.1, -0.05) is 18.2 Å². The Bertz CT molecular complexity index is 849. The largest absolute Gasteiger partial charge is 0.496 e. The van der Waals surface area contributed by atoms with Crippen molar-refractivity contribution in [2.24, 2.45) is 0 Å². The van der Waals surface area contributed by atoms with E-state index in [0.29, 0.717) is 37.6 Å². The van der Waals surface area contributed by atoms with Gasteiger partial charge in [0.25, 0.3) is 0 Å². The lowest BCUT2D eigenvalue weighted by molar-refractivity contribution is -0.121. The van der Waals surface area contributed by atoms with E-state index in [1.165, 1.54) is 0 Å². The Morgan fingerprint density at radius 1 is 1.12 bits per heavy atom. The summed E-state index contributed by atoms with van der Waals surface area (Å²) in [4.78, 5) is 15.9. The molecule has 0 aliphatic heterocycles.